The molecule has 0 aliphatic heterocycles. The van der Waals surface area contributed by atoms with Crippen molar-refractivity contribution in [3.8, 4) is 11.1 Å². The summed E-state index contributed by atoms with van der Waals surface area (Å²) in [6.07, 6.45) is -4.14. The van der Waals surface area contributed by atoms with Gasteiger partial charge in [-0.05, 0) is 36.6 Å². The van der Waals surface area contributed by atoms with Crippen LogP contribution in [-0.4, -0.2) is 41.3 Å². The van der Waals surface area contributed by atoms with E-state index in [0.29, 0.717) is 23.2 Å². The third-order valence-electron chi connectivity index (χ3n) is 5.72. The molecule has 1 amide bonds. The minimum absolute atomic E-state index is 0.0345. The molecule has 0 saturated heterocycles. The summed E-state index contributed by atoms with van der Waals surface area (Å²) in [4.78, 5) is 32.2. The van der Waals surface area contributed by atoms with Crippen molar-refractivity contribution >= 4 is 17.2 Å². The van der Waals surface area contributed by atoms with Crippen LogP contribution in [0.4, 0.5) is 18.9 Å². The summed E-state index contributed by atoms with van der Waals surface area (Å²) in [5.74, 6) is -0.678. The van der Waals surface area contributed by atoms with Crippen LogP contribution >= 0.6 is 0 Å². The number of aryl methyl sites for hydroxylation is 1. The fourth-order valence-electron chi connectivity index (χ4n) is 3.93. The lowest BCUT2D eigenvalue weighted by molar-refractivity contribution is -0.140. The number of aromatic amines is 1. The minimum atomic E-state index is -4.77. The quantitative estimate of drug-likeness (QED) is 0.438. The molecule has 4 aromatic rings. The second-order valence-electron chi connectivity index (χ2n) is 8.04. The Balaban J connectivity index is 1.84. The van der Waals surface area contributed by atoms with Crippen molar-refractivity contribution in [3.05, 3.63) is 87.5 Å². The Hall–Kier alpha value is -3.92. The van der Waals surface area contributed by atoms with E-state index in [9.17, 15) is 22.8 Å². The number of hydrogen-bond donors (Lipinski definition) is 1. The topological polar surface area (TPSA) is 79.7 Å². The molecule has 7 nitrogen and oxygen atoms in total. The van der Waals surface area contributed by atoms with Crippen molar-refractivity contribution in [2.45, 2.75) is 19.5 Å². The molecule has 0 aliphatic carbocycles. The fourth-order valence-corrected chi connectivity index (χ4v) is 3.93. The number of methoxy groups -OCH3 is 1. The van der Waals surface area contributed by atoms with Crippen molar-refractivity contribution in [2.24, 2.45) is 0 Å². The highest BCUT2D eigenvalue weighted by atomic mass is 19.4. The Morgan fingerprint density at radius 3 is 2.51 bits per heavy atom. The number of benzene rings is 2. The maximum Gasteiger partial charge on any atom is 0.433 e. The van der Waals surface area contributed by atoms with Crippen LogP contribution in [0.2, 0.25) is 0 Å². The highest BCUT2D eigenvalue weighted by molar-refractivity contribution is 6.06. The van der Waals surface area contributed by atoms with Crippen LogP contribution < -0.4 is 10.5 Å². The number of alkyl halides is 3. The van der Waals surface area contributed by atoms with Gasteiger partial charge in [0.15, 0.2) is 5.65 Å². The first-order chi connectivity index (χ1) is 16.6. The number of carbonyl (C=O) groups is 1. The molecule has 0 saturated carbocycles. The number of carbonyl (C=O) groups excluding carboxylic acids is 1. The summed E-state index contributed by atoms with van der Waals surface area (Å²) in [7, 11) is 3.09. The van der Waals surface area contributed by atoms with E-state index in [4.69, 9.17) is 4.74 Å². The predicted molar refractivity (Wildman–Crippen MR) is 126 cm³/mol. The molecular formula is C25H23F3N4O3. The number of amides is 1. The molecule has 2 aromatic carbocycles. The van der Waals surface area contributed by atoms with Gasteiger partial charge < -0.3 is 9.64 Å². The summed E-state index contributed by atoms with van der Waals surface area (Å²) < 4.78 is 47.4. The van der Waals surface area contributed by atoms with Gasteiger partial charge in [0, 0.05) is 19.8 Å². The molecule has 0 bridgehead atoms. The first-order valence-electron chi connectivity index (χ1n) is 10.8. The number of ether oxygens (including phenoxy) is 1. The van der Waals surface area contributed by atoms with E-state index >= 15 is 0 Å². The first kappa shape index (κ1) is 24.2. The molecule has 0 aliphatic rings. The van der Waals surface area contributed by atoms with Crippen molar-refractivity contribution in [1.29, 1.82) is 0 Å². The van der Waals surface area contributed by atoms with Crippen molar-refractivity contribution in [3.63, 3.8) is 0 Å². The molecule has 0 spiro atoms. The molecule has 2 heterocycles. The van der Waals surface area contributed by atoms with Gasteiger partial charge in [0.25, 0.3) is 11.5 Å². The summed E-state index contributed by atoms with van der Waals surface area (Å²) in [5.41, 5.74) is -1.06. The summed E-state index contributed by atoms with van der Waals surface area (Å²) in [6.45, 7) is 1.94. The molecule has 35 heavy (non-hydrogen) atoms. The van der Waals surface area contributed by atoms with E-state index in [1.807, 2.05) is 6.07 Å². The zero-order chi connectivity index (χ0) is 25.3. The zero-order valence-corrected chi connectivity index (χ0v) is 19.3. The van der Waals surface area contributed by atoms with Crippen LogP contribution in [0.25, 0.3) is 16.8 Å². The van der Waals surface area contributed by atoms with Gasteiger partial charge in [0.05, 0.1) is 17.9 Å². The van der Waals surface area contributed by atoms with Crippen LogP contribution in [-0.2, 0) is 17.3 Å². The Morgan fingerprint density at radius 1 is 1.14 bits per heavy atom. The molecule has 4 rings (SSSR count). The van der Waals surface area contributed by atoms with Crippen LogP contribution in [0, 0.1) is 6.92 Å². The lowest BCUT2D eigenvalue weighted by Gasteiger charge is -2.19. The third kappa shape index (κ3) is 4.57. The van der Waals surface area contributed by atoms with Gasteiger partial charge in [-0.25, -0.2) is 4.98 Å². The van der Waals surface area contributed by atoms with E-state index in [-0.39, 0.29) is 28.0 Å². The number of fused-ring (bicyclic) bond motifs is 1. The third-order valence-corrected chi connectivity index (χ3v) is 5.72. The number of halogens is 3. The van der Waals surface area contributed by atoms with Gasteiger partial charge in [0.2, 0.25) is 0 Å². The number of nitrogens with zero attached hydrogens (tertiary/aromatic N) is 3. The van der Waals surface area contributed by atoms with E-state index in [0.717, 1.165) is 5.56 Å². The van der Waals surface area contributed by atoms with Crippen LogP contribution in [0.15, 0.2) is 59.4 Å². The molecule has 0 radical (unpaired) electrons. The predicted octanol–water partition coefficient (Wildman–Crippen LogP) is 4.48. The Kier molecular flexibility index (Phi) is 6.49. The first-order valence-corrected chi connectivity index (χ1v) is 10.8. The van der Waals surface area contributed by atoms with E-state index < -0.39 is 23.3 Å². The number of hydrogen-bond acceptors (Lipinski definition) is 4. The normalized spacial score (nSPS) is 11.7. The lowest BCUT2D eigenvalue weighted by Crippen LogP contribution is -2.35. The Labute approximate surface area is 198 Å². The van der Waals surface area contributed by atoms with Gasteiger partial charge in [-0.3, -0.25) is 14.7 Å². The number of H-pyrrole nitrogens is 1. The van der Waals surface area contributed by atoms with Crippen LogP contribution in [0.3, 0.4) is 0 Å². The monoisotopic (exact) mass is 484 g/mol. The number of aromatic nitrogens is 3. The highest BCUT2D eigenvalue weighted by Gasteiger charge is 2.38. The molecule has 0 atom stereocenters. The van der Waals surface area contributed by atoms with Crippen molar-refractivity contribution in [1.82, 2.24) is 14.6 Å². The maximum atomic E-state index is 13.9. The average Bonchev–Trinajstić information content (AvgIpc) is 3.23. The summed E-state index contributed by atoms with van der Waals surface area (Å²) in [5, 5.41) is 2.14. The summed E-state index contributed by atoms with van der Waals surface area (Å²) in [6, 6.07) is 15.0. The second kappa shape index (κ2) is 9.38. The Morgan fingerprint density at radius 2 is 1.86 bits per heavy atom. The zero-order valence-electron chi connectivity index (χ0n) is 19.3. The number of nitrogens with one attached hydrogen (secondary N) is 1. The standard InChI is InChI=1S/C25H23F3N4O3/c1-15-19(23(33)31(2)18-11-7-8-16(14-18)12-13-35-3)24(34)32-22(29-15)20(17-9-5-4-6-10-17)21(30-32)25(26,27)28/h4-11,14,30H,12-13H2,1-3H3. The van der Waals surface area contributed by atoms with E-state index in [1.54, 1.807) is 43.5 Å². The van der Waals surface area contributed by atoms with E-state index in [2.05, 4.69) is 10.1 Å². The van der Waals surface area contributed by atoms with E-state index in [1.165, 1.54) is 31.0 Å². The van der Waals surface area contributed by atoms with Crippen molar-refractivity contribution in [2.75, 3.05) is 25.7 Å². The average molecular weight is 484 g/mol. The molecule has 2 aromatic heterocycles. The second-order valence-corrected chi connectivity index (χ2v) is 8.04. The number of rotatable bonds is 6. The fraction of sp³-hybridized carbons (Fsp3) is 0.240. The molecule has 0 fully saturated rings. The summed E-state index contributed by atoms with van der Waals surface area (Å²) >= 11 is 0. The lowest BCUT2D eigenvalue weighted by atomic mass is 10.1. The smallest absolute Gasteiger partial charge is 0.384 e. The van der Waals surface area contributed by atoms with Gasteiger partial charge in [0.1, 0.15) is 11.3 Å². The van der Waals surface area contributed by atoms with Gasteiger partial charge in [-0.1, -0.05) is 42.5 Å². The highest BCUT2D eigenvalue weighted by Crippen LogP contribution is 2.38. The minimum Gasteiger partial charge on any atom is -0.384 e. The largest absolute Gasteiger partial charge is 0.433 e. The van der Waals surface area contributed by atoms with Crippen LogP contribution in [0.1, 0.15) is 27.3 Å². The van der Waals surface area contributed by atoms with Gasteiger partial charge in [-0.15, -0.1) is 0 Å². The van der Waals surface area contributed by atoms with Gasteiger partial charge >= 0.3 is 6.18 Å². The molecule has 1 N–H and O–H groups in total. The molecule has 0 unspecified atom stereocenters. The van der Waals surface area contributed by atoms with Crippen molar-refractivity contribution < 1.29 is 22.7 Å². The molecular weight excluding hydrogens is 461 g/mol. The molecule has 10 heteroatoms. The maximum absolute atomic E-state index is 13.9. The SMILES string of the molecule is COCCc1cccc(N(C)C(=O)c2c(C)nc3c(-c4ccccc4)c(C(F)(F)F)[nH]n3c2=O)c1. The molecule has 182 valence electrons. The number of anilines is 1. The van der Waals surface area contributed by atoms with Gasteiger partial charge in [-0.2, -0.15) is 17.7 Å². The Bertz CT molecular complexity index is 1440. The van der Waals surface area contributed by atoms with Crippen LogP contribution in [0.5, 0.6) is 0 Å².